The maximum absolute atomic E-state index is 14.4. The average Bonchev–Trinajstić information content (AvgIpc) is 3.58. The first-order valence-electron chi connectivity index (χ1n) is 13.7. The van der Waals surface area contributed by atoms with Crippen LogP contribution in [0.15, 0.2) is 60.8 Å². The normalized spacial score (nSPS) is 20.3. The predicted molar refractivity (Wildman–Crippen MR) is 148 cm³/mol. The van der Waals surface area contributed by atoms with Crippen molar-refractivity contribution in [3.63, 3.8) is 0 Å². The zero-order valence-electron chi connectivity index (χ0n) is 22.9. The van der Waals surface area contributed by atoms with Crippen LogP contribution in [0.3, 0.4) is 0 Å². The number of alkyl halides is 2. The lowest BCUT2D eigenvalue weighted by Crippen LogP contribution is -2.60. The molecule has 12 heteroatoms. The van der Waals surface area contributed by atoms with Gasteiger partial charge < -0.3 is 5.32 Å². The molecule has 3 amide bonds. The number of carbonyl (C=O) groups excluding carboxylic acids is 3. The Balaban J connectivity index is 0.000000220. The highest BCUT2D eigenvalue weighted by Crippen LogP contribution is 2.45. The molecule has 1 unspecified atom stereocenters. The summed E-state index contributed by atoms with van der Waals surface area (Å²) in [6.07, 6.45) is 2.64. The quantitative estimate of drug-likeness (QED) is 0.328. The largest absolute Gasteiger partial charge is 0.351 e. The Morgan fingerprint density at radius 1 is 1.12 bits per heavy atom. The minimum absolute atomic E-state index is 0.0491. The third-order valence-electron chi connectivity index (χ3n) is 7.93. The minimum atomic E-state index is -2.84. The number of halogens is 4. The molecule has 2 fully saturated rings. The van der Waals surface area contributed by atoms with E-state index in [-0.39, 0.29) is 35.6 Å². The summed E-state index contributed by atoms with van der Waals surface area (Å²) in [5, 5.41) is 11.3. The van der Waals surface area contributed by atoms with Gasteiger partial charge in [0.15, 0.2) is 5.54 Å². The first-order chi connectivity index (χ1) is 20.6. The number of nitrogens with one attached hydrogen (secondary N) is 1. The van der Waals surface area contributed by atoms with E-state index in [4.69, 9.17) is 5.26 Å². The maximum atomic E-state index is 14.4. The lowest BCUT2D eigenvalue weighted by molar-refractivity contribution is -0.135. The van der Waals surface area contributed by atoms with E-state index in [1.807, 2.05) is 6.07 Å². The van der Waals surface area contributed by atoms with Crippen LogP contribution in [-0.2, 0) is 26.3 Å². The van der Waals surface area contributed by atoms with E-state index >= 15 is 0 Å². The van der Waals surface area contributed by atoms with Gasteiger partial charge in [0, 0.05) is 43.7 Å². The number of nitrogens with zero attached hydrogens (tertiary/aromatic N) is 4. The van der Waals surface area contributed by atoms with E-state index in [1.165, 1.54) is 36.4 Å². The van der Waals surface area contributed by atoms with Crippen molar-refractivity contribution >= 4 is 29.7 Å². The third-order valence-corrected chi connectivity index (χ3v) is 7.93. The molecule has 8 nitrogen and oxygen atoms in total. The molecule has 3 aliphatic rings. The summed E-state index contributed by atoms with van der Waals surface area (Å²) < 4.78 is 54.6. The van der Waals surface area contributed by atoms with Crippen LogP contribution in [0.1, 0.15) is 48.8 Å². The number of carbonyl (C=O) groups is 3. The highest BCUT2D eigenvalue weighted by molar-refractivity contribution is 5.98. The van der Waals surface area contributed by atoms with Gasteiger partial charge in [-0.25, -0.2) is 22.5 Å². The molecule has 2 aliphatic carbocycles. The van der Waals surface area contributed by atoms with Crippen molar-refractivity contribution < 1.29 is 31.9 Å². The first kappa shape index (κ1) is 29.7. The SMILES string of the molecule is N#Cc1ccnc(N2CCCC2=O)c1.O=CN(c1cccc(F)c1)C1(C(=O)NC2CC(F)(F)C2)CCc2c(F)cccc21. The molecule has 1 atom stereocenters. The predicted octanol–water partition coefficient (Wildman–Crippen LogP) is 4.76. The molecule has 222 valence electrons. The fourth-order valence-corrected chi connectivity index (χ4v) is 5.83. The molecular formula is C31H27F4N5O3. The Morgan fingerprint density at radius 2 is 1.88 bits per heavy atom. The summed E-state index contributed by atoms with van der Waals surface area (Å²) in [6.45, 7) is 0.709. The lowest BCUT2D eigenvalue weighted by atomic mass is 9.84. The van der Waals surface area contributed by atoms with Crippen LogP contribution < -0.4 is 15.1 Å². The summed E-state index contributed by atoms with van der Waals surface area (Å²) in [5.74, 6) is -3.96. The van der Waals surface area contributed by atoms with Gasteiger partial charge in [-0.15, -0.1) is 0 Å². The van der Waals surface area contributed by atoms with Gasteiger partial charge in [0.1, 0.15) is 17.5 Å². The van der Waals surface area contributed by atoms with Gasteiger partial charge in [0.25, 0.3) is 11.8 Å². The number of hydrogen-bond donors (Lipinski definition) is 1. The topological polar surface area (TPSA) is 106 Å². The van der Waals surface area contributed by atoms with Crippen molar-refractivity contribution in [3.05, 3.63) is 89.1 Å². The number of nitriles is 1. The van der Waals surface area contributed by atoms with Gasteiger partial charge in [0.2, 0.25) is 12.3 Å². The Hall–Kier alpha value is -4.79. The van der Waals surface area contributed by atoms with Gasteiger partial charge in [-0.05, 0) is 66.8 Å². The number of rotatable bonds is 6. The van der Waals surface area contributed by atoms with Gasteiger partial charge in [-0.1, -0.05) is 18.2 Å². The van der Waals surface area contributed by atoms with Crippen LogP contribution in [0.5, 0.6) is 0 Å². The molecule has 1 aliphatic heterocycles. The molecule has 2 heterocycles. The second-order valence-corrected chi connectivity index (χ2v) is 10.7. The fraction of sp³-hybridized carbons (Fsp3) is 0.323. The van der Waals surface area contributed by atoms with Crippen molar-refractivity contribution in [2.24, 2.45) is 0 Å². The number of amides is 3. The van der Waals surface area contributed by atoms with E-state index in [2.05, 4.69) is 10.3 Å². The maximum Gasteiger partial charge on any atom is 0.252 e. The van der Waals surface area contributed by atoms with Gasteiger partial charge in [-0.3, -0.25) is 24.2 Å². The summed E-state index contributed by atoms with van der Waals surface area (Å²) >= 11 is 0. The van der Waals surface area contributed by atoms with E-state index in [9.17, 15) is 31.9 Å². The monoisotopic (exact) mass is 593 g/mol. The summed E-state index contributed by atoms with van der Waals surface area (Å²) in [4.78, 5) is 43.6. The Morgan fingerprint density at radius 3 is 2.53 bits per heavy atom. The molecule has 2 aromatic carbocycles. The third kappa shape index (κ3) is 5.80. The van der Waals surface area contributed by atoms with Crippen LogP contribution in [0.4, 0.5) is 29.1 Å². The molecule has 6 rings (SSSR count). The van der Waals surface area contributed by atoms with Gasteiger partial charge in [0.05, 0.1) is 11.6 Å². The molecule has 0 bridgehead atoms. The number of hydrogen-bond acceptors (Lipinski definition) is 5. The van der Waals surface area contributed by atoms with Crippen molar-refractivity contribution in [3.8, 4) is 6.07 Å². The molecule has 3 aromatic rings. The molecule has 1 N–H and O–H groups in total. The molecule has 1 aromatic heterocycles. The second kappa shape index (κ2) is 11.8. The van der Waals surface area contributed by atoms with Crippen molar-refractivity contribution in [1.82, 2.24) is 10.3 Å². The number of anilines is 2. The fourth-order valence-electron chi connectivity index (χ4n) is 5.83. The molecule has 1 saturated heterocycles. The zero-order chi connectivity index (χ0) is 30.8. The summed E-state index contributed by atoms with van der Waals surface area (Å²) in [6, 6.07) is 13.9. The highest BCUT2D eigenvalue weighted by Gasteiger charge is 2.54. The van der Waals surface area contributed by atoms with E-state index in [0.29, 0.717) is 30.8 Å². The Bertz CT molecular complexity index is 1600. The molecule has 1 saturated carbocycles. The van der Waals surface area contributed by atoms with Gasteiger partial charge >= 0.3 is 0 Å². The van der Waals surface area contributed by atoms with E-state index in [1.54, 1.807) is 23.2 Å². The van der Waals surface area contributed by atoms with Crippen LogP contribution in [0.2, 0.25) is 0 Å². The molecule has 43 heavy (non-hydrogen) atoms. The summed E-state index contributed by atoms with van der Waals surface area (Å²) in [5.41, 5.74) is -0.444. The van der Waals surface area contributed by atoms with Crippen LogP contribution in [0, 0.1) is 23.0 Å². The van der Waals surface area contributed by atoms with Crippen LogP contribution in [0.25, 0.3) is 0 Å². The van der Waals surface area contributed by atoms with E-state index in [0.717, 1.165) is 17.4 Å². The highest BCUT2D eigenvalue weighted by atomic mass is 19.3. The van der Waals surface area contributed by atoms with Gasteiger partial charge in [-0.2, -0.15) is 5.26 Å². The summed E-state index contributed by atoms with van der Waals surface area (Å²) in [7, 11) is 0. The number of pyridine rings is 1. The van der Waals surface area contributed by atoms with Crippen LogP contribution >= 0.6 is 0 Å². The van der Waals surface area contributed by atoms with Crippen molar-refractivity contribution in [1.29, 1.82) is 5.26 Å². The molecule has 0 radical (unpaired) electrons. The lowest BCUT2D eigenvalue weighted by Gasteiger charge is -2.42. The minimum Gasteiger partial charge on any atom is -0.351 e. The smallest absolute Gasteiger partial charge is 0.252 e. The van der Waals surface area contributed by atoms with E-state index < -0.39 is 47.9 Å². The first-order valence-corrected chi connectivity index (χ1v) is 13.7. The molecular weight excluding hydrogens is 566 g/mol. The van der Waals surface area contributed by atoms with Crippen molar-refractivity contribution in [2.75, 3.05) is 16.3 Å². The second-order valence-electron chi connectivity index (χ2n) is 10.7. The Kier molecular flexibility index (Phi) is 8.17. The Labute approximate surface area is 244 Å². The number of fused-ring (bicyclic) bond motifs is 1. The number of benzene rings is 2. The standard InChI is InChI=1S/C21H18F4N2O2.C10H9N3O/c22-13-3-1-4-15(9-13)27(12-28)21(19(29)26-14-10-20(24,25)11-14)8-7-16-17(21)5-2-6-18(16)23;11-7-8-3-4-12-9(6-8)13-5-1-2-10(13)14/h1-6,9,12,14H,7-8,10-11H2,(H,26,29);3-4,6H,1-2,5H2. The average molecular weight is 594 g/mol. The zero-order valence-corrected chi connectivity index (χ0v) is 22.9. The van der Waals surface area contributed by atoms with Crippen molar-refractivity contribution in [2.45, 2.75) is 56.0 Å². The number of aromatic nitrogens is 1. The molecule has 0 spiro atoms. The van der Waals surface area contributed by atoms with Crippen LogP contribution in [-0.4, -0.2) is 41.7 Å².